The van der Waals surface area contributed by atoms with Gasteiger partial charge in [-0.2, -0.15) is 0 Å². The molecule has 39 heavy (non-hydrogen) atoms. The molecule has 2 fully saturated rings. The first kappa shape index (κ1) is 31.1. The van der Waals surface area contributed by atoms with Crippen LogP contribution in [-0.2, 0) is 4.74 Å². The third-order valence-corrected chi connectivity index (χ3v) is 8.42. The van der Waals surface area contributed by atoms with Gasteiger partial charge < -0.3 is 20.5 Å². The third-order valence-electron chi connectivity index (χ3n) is 8.28. The third kappa shape index (κ3) is 8.27. The summed E-state index contributed by atoms with van der Waals surface area (Å²) in [7, 11) is 1.81. The molecular formula is C28H46ClN7O3. The zero-order valence-electron chi connectivity index (χ0n) is 23.9. The molecule has 1 amide bonds. The number of nitrogens with zero attached hydrogens (tertiary/aromatic N) is 4. The van der Waals surface area contributed by atoms with Gasteiger partial charge in [0.2, 0.25) is 0 Å². The lowest BCUT2D eigenvalue weighted by Crippen LogP contribution is -2.52. The largest absolute Gasteiger partial charge is 0.465 e. The number of carboxylic acid groups (broad SMARTS) is 1. The SMILES string of the molecule is COC1(CN(CC2CCCCC2)c2c(N)nc(C(=N)NC(=O)O)nc2C(C)/C=N\CC(C)Cl)CCCCC1C. The van der Waals surface area contributed by atoms with Crippen LogP contribution in [0.5, 0.6) is 0 Å². The summed E-state index contributed by atoms with van der Waals surface area (Å²) < 4.78 is 6.30. The number of alkyl halides is 1. The predicted molar refractivity (Wildman–Crippen MR) is 158 cm³/mol. The summed E-state index contributed by atoms with van der Waals surface area (Å²) in [6, 6.07) is 0. The molecule has 1 heterocycles. The van der Waals surface area contributed by atoms with Gasteiger partial charge in [-0.15, -0.1) is 11.6 Å². The minimum atomic E-state index is -1.36. The van der Waals surface area contributed by atoms with Crippen LogP contribution in [0.1, 0.15) is 96.0 Å². The normalized spacial score (nSPS) is 23.9. The summed E-state index contributed by atoms with van der Waals surface area (Å²) in [4.78, 5) is 27.2. The fraction of sp³-hybridized carbons (Fsp3) is 0.750. The highest BCUT2D eigenvalue weighted by molar-refractivity contribution is 6.20. The summed E-state index contributed by atoms with van der Waals surface area (Å²) in [6.07, 6.45) is 10.9. The fourth-order valence-corrected chi connectivity index (χ4v) is 6.15. The standard InChI is InChI=1S/C28H46ClN7O3/c1-18(14-32-15-20(3)29)22-23(24(30)34-26(33-22)25(31)35-27(37)38)36(16-21-11-6-5-7-12-21)17-28(39-4)13-9-8-10-19(28)2/h14,18-21H,5-13,15-17H2,1-4H3,(H2,31,35)(H,37,38)(H2,30,33,34)/b32-14-. The van der Waals surface area contributed by atoms with Gasteiger partial charge in [0.25, 0.3) is 0 Å². The van der Waals surface area contributed by atoms with Crippen molar-refractivity contribution in [2.75, 3.05) is 37.4 Å². The van der Waals surface area contributed by atoms with E-state index in [2.05, 4.69) is 21.8 Å². The molecule has 1 aromatic heterocycles. The van der Waals surface area contributed by atoms with Crippen molar-refractivity contribution in [1.82, 2.24) is 15.3 Å². The zero-order chi connectivity index (χ0) is 28.6. The smallest absolute Gasteiger partial charge is 0.410 e. The number of hydrogen-bond donors (Lipinski definition) is 4. The minimum Gasteiger partial charge on any atom is -0.465 e. The molecule has 0 spiro atoms. The maximum Gasteiger partial charge on any atom is 0.410 e. The number of amidine groups is 1. The van der Waals surface area contributed by atoms with Crippen LogP contribution < -0.4 is 16.0 Å². The monoisotopic (exact) mass is 563 g/mol. The Morgan fingerprint density at radius 3 is 2.59 bits per heavy atom. The van der Waals surface area contributed by atoms with E-state index in [0.717, 1.165) is 44.3 Å². The second kappa shape index (κ2) is 14.3. The van der Waals surface area contributed by atoms with Crippen molar-refractivity contribution in [3.63, 3.8) is 0 Å². The van der Waals surface area contributed by atoms with Crippen LogP contribution in [0, 0.1) is 17.2 Å². The molecule has 1 aromatic rings. The number of nitrogens with two attached hydrogens (primary N) is 1. The second-order valence-electron chi connectivity index (χ2n) is 11.4. The number of aliphatic imine (C=N–C) groups is 1. The summed E-state index contributed by atoms with van der Waals surface area (Å²) in [5, 5.41) is 19.3. The van der Waals surface area contributed by atoms with Gasteiger partial charge in [0.1, 0.15) is 5.69 Å². The van der Waals surface area contributed by atoms with Gasteiger partial charge in [0.05, 0.1) is 23.2 Å². The number of hydrogen-bond acceptors (Lipinski definition) is 8. The van der Waals surface area contributed by atoms with Gasteiger partial charge in [-0.1, -0.05) is 46.0 Å². The maximum atomic E-state index is 11.2. The Morgan fingerprint density at radius 2 is 1.97 bits per heavy atom. The molecule has 11 heteroatoms. The highest BCUT2D eigenvalue weighted by atomic mass is 35.5. The lowest BCUT2D eigenvalue weighted by atomic mass is 9.75. The quantitative estimate of drug-likeness (QED) is 0.159. The molecule has 5 N–H and O–H groups in total. The van der Waals surface area contributed by atoms with Gasteiger partial charge in [0.15, 0.2) is 17.5 Å². The Hall–Kier alpha value is -2.46. The molecule has 0 bridgehead atoms. The van der Waals surface area contributed by atoms with Crippen LogP contribution >= 0.6 is 11.6 Å². The molecule has 3 rings (SSSR count). The van der Waals surface area contributed by atoms with Crippen molar-refractivity contribution in [3.8, 4) is 0 Å². The molecule has 2 saturated carbocycles. The number of amides is 1. The molecule has 0 aromatic carbocycles. The summed E-state index contributed by atoms with van der Waals surface area (Å²) >= 11 is 6.12. The Bertz CT molecular complexity index is 1020. The lowest BCUT2D eigenvalue weighted by Gasteiger charge is -2.46. The molecule has 218 valence electrons. The van der Waals surface area contributed by atoms with E-state index < -0.39 is 11.9 Å². The van der Waals surface area contributed by atoms with Crippen LogP contribution in [0.4, 0.5) is 16.3 Å². The number of carbonyl (C=O) groups is 1. The minimum absolute atomic E-state index is 0.0651. The van der Waals surface area contributed by atoms with E-state index >= 15 is 0 Å². The second-order valence-corrected chi connectivity index (χ2v) is 12.1. The molecule has 4 atom stereocenters. The number of ether oxygens (including phenoxy) is 1. The van der Waals surface area contributed by atoms with E-state index in [9.17, 15) is 4.79 Å². The first-order valence-corrected chi connectivity index (χ1v) is 14.7. The Morgan fingerprint density at radius 1 is 1.28 bits per heavy atom. The topological polar surface area (TPSA) is 150 Å². The van der Waals surface area contributed by atoms with Crippen LogP contribution in [0.25, 0.3) is 0 Å². The van der Waals surface area contributed by atoms with Crippen molar-refractivity contribution in [1.29, 1.82) is 5.41 Å². The number of methoxy groups -OCH3 is 1. The molecule has 0 radical (unpaired) electrons. The number of anilines is 2. The van der Waals surface area contributed by atoms with E-state index in [4.69, 9.17) is 37.6 Å². The van der Waals surface area contributed by atoms with E-state index in [0.29, 0.717) is 30.6 Å². The Kier molecular flexibility index (Phi) is 11.4. The lowest BCUT2D eigenvalue weighted by molar-refractivity contribution is -0.0708. The number of nitrogen functional groups attached to an aromatic ring is 1. The van der Waals surface area contributed by atoms with E-state index in [-0.39, 0.29) is 28.5 Å². The Labute approximate surface area is 237 Å². The van der Waals surface area contributed by atoms with Crippen LogP contribution in [0.3, 0.4) is 0 Å². The van der Waals surface area contributed by atoms with E-state index in [1.165, 1.54) is 25.7 Å². The fourth-order valence-electron chi connectivity index (χ4n) is 6.07. The molecule has 2 aliphatic carbocycles. The molecule has 2 aliphatic rings. The summed E-state index contributed by atoms with van der Waals surface area (Å²) in [6.45, 7) is 8.06. The van der Waals surface area contributed by atoms with Crippen LogP contribution in [0.15, 0.2) is 4.99 Å². The molecular weight excluding hydrogens is 518 g/mol. The van der Waals surface area contributed by atoms with Gasteiger partial charge in [-0.25, -0.2) is 14.8 Å². The van der Waals surface area contributed by atoms with E-state index in [1.54, 1.807) is 6.21 Å². The highest BCUT2D eigenvalue weighted by Gasteiger charge is 2.41. The first-order chi connectivity index (χ1) is 18.6. The number of halogens is 1. The van der Waals surface area contributed by atoms with Crippen molar-refractivity contribution in [3.05, 3.63) is 11.5 Å². The molecule has 10 nitrogen and oxygen atoms in total. The van der Waals surface area contributed by atoms with Gasteiger partial charge in [-0.05, 0) is 44.4 Å². The molecule has 0 aliphatic heterocycles. The van der Waals surface area contributed by atoms with Crippen LogP contribution in [0.2, 0.25) is 0 Å². The maximum absolute atomic E-state index is 11.2. The highest BCUT2D eigenvalue weighted by Crippen LogP contribution is 2.41. The van der Waals surface area contributed by atoms with Gasteiger partial charge in [-0.3, -0.25) is 15.7 Å². The molecule has 4 unspecified atom stereocenters. The van der Waals surface area contributed by atoms with Crippen LogP contribution in [-0.4, -0.2) is 70.9 Å². The van der Waals surface area contributed by atoms with Crippen molar-refractivity contribution >= 4 is 41.2 Å². The first-order valence-electron chi connectivity index (χ1n) is 14.3. The zero-order valence-corrected chi connectivity index (χ0v) is 24.6. The average molecular weight is 564 g/mol. The van der Waals surface area contributed by atoms with E-state index in [1.807, 2.05) is 26.3 Å². The van der Waals surface area contributed by atoms with Crippen molar-refractivity contribution < 1.29 is 14.6 Å². The Balaban J connectivity index is 2.11. The number of aromatic nitrogens is 2. The summed E-state index contributed by atoms with van der Waals surface area (Å²) in [5.41, 5.74) is 7.68. The number of nitrogens with one attached hydrogen (secondary N) is 2. The molecule has 0 saturated heterocycles. The van der Waals surface area contributed by atoms with Crippen molar-refractivity contribution in [2.45, 2.75) is 95.5 Å². The summed E-state index contributed by atoms with van der Waals surface area (Å²) in [5.74, 6) is 0.369. The van der Waals surface area contributed by atoms with Gasteiger partial charge in [0, 0.05) is 32.3 Å². The predicted octanol–water partition coefficient (Wildman–Crippen LogP) is 5.44. The number of rotatable bonds is 11. The average Bonchev–Trinajstić information content (AvgIpc) is 2.89. The van der Waals surface area contributed by atoms with Crippen molar-refractivity contribution in [2.24, 2.45) is 16.8 Å². The van der Waals surface area contributed by atoms with Gasteiger partial charge >= 0.3 is 6.09 Å².